The zero-order valence-electron chi connectivity index (χ0n) is 10.3. The van der Waals surface area contributed by atoms with Gasteiger partial charge in [0.1, 0.15) is 22.6 Å². The molecule has 0 spiro atoms. The molecule has 94 valence electrons. The minimum Gasteiger partial charge on any atom is -0.234 e. The average Bonchev–Trinajstić information content (AvgIpc) is 2.15. The van der Waals surface area contributed by atoms with Crippen molar-refractivity contribution >= 4 is 16.7 Å². The van der Waals surface area contributed by atoms with Crippen LogP contribution in [0.5, 0.6) is 0 Å². The predicted octanol–water partition coefficient (Wildman–Crippen LogP) is 3.24. The van der Waals surface area contributed by atoms with E-state index in [1.807, 2.05) is 0 Å². The van der Waals surface area contributed by atoms with Crippen LogP contribution in [0.25, 0.3) is 0 Å². The summed E-state index contributed by atoms with van der Waals surface area (Å²) in [6.07, 6.45) is 0. The molecule has 0 aliphatic carbocycles. The summed E-state index contributed by atoms with van der Waals surface area (Å²) in [5, 5.41) is 0. The van der Waals surface area contributed by atoms with Gasteiger partial charge in [-0.15, -0.1) is 0 Å². The Kier molecular flexibility index (Phi) is 4.14. The second-order valence-corrected chi connectivity index (χ2v) is 6.54. The van der Waals surface area contributed by atoms with Crippen molar-refractivity contribution in [1.29, 1.82) is 0 Å². The molecule has 0 aliphatic rings. The Balaban J connectivity index is 3.18. The van der Waals surface area contributed by atoms with Gasteiger partial charge in [0.25, 0.3) is 0 Å². The fourth-order valence-electron chi connectivity index (χ4n) is 1.15. The van der Waals surface area contributed by atoms with Crippen LogP contribution in [0.15, 0.2) is 22.6 Å². The summed E-state index contributed by atoms with van der Waals surface area (Å²) in [4.78, 5) is 0. The molecule has 5 heteroatoms. The first kappa shape index (κ1) is 14.0. The van der Waals surface area contributed by atoms with Crippen molar-refractivity contribution in [2.24, 2.45) is 4.40 Å². The van der Waals surface area contributed by atoms with Crippen LogP contribution in [0.4, 0.5) is 8.78 Å². The maximum atomic E-state index is 13.4. The first-order chi connectivity index (χ1) is 7.73. The minimum absolute atomic E-state index is 0.105. The Morgan fingerprint density at radius 3 is 2.12 bits per heavy atom. The molecule has 0 saturated heterocycles. The summed E-state index contributed by atoms with van der Waals surface area (Å²) in [7, 11) is -1.53. The van der Waals surface area contributed by atoms with Gasteiger partial charge in [0, 0.05) is 0 Å². The lowest BCUT2D eigenvalue weighted by Crippen LogP contribution is -2.21. The van der Waals surface area contributed by atoms with Gasteiger partial charge in [-0.05, 0) is 39.8 Å². The standard InChI is InChI=1S/C12H15F2NOS/c1-8(15-17(16)12(2,3)4)11-9(13)6-5-7-10(11)14/h5-7H,1-4H3. The quantitative estimate of drug-likeness (QED) is 0.750. The van der Waals surface area contributed by atoms with E-state index >= 15 is 0 Å². The summed E-state index contributed by atoms with van der Waals surface area (Å²) in [5.41, 5.74) is -0.112. The van der Waals surface area contributed by atoms with Gasteiger partial charge in [-0.2, -0.15) is 4.40 Å². The summed E-state index contributed by atoms with van der Waals surface area (Å²) >= 11 is 0. The highest BCUT2D eigenvalue weighted by Crippen LogP contribution is 2.17. The van der Waals surface area contributed by atoms with Crippen LogP contribution < -0.4 is 0 Å². The van der Waals surface area contributed by atoms with Crippen molar-refractivity contribution in [2.45, 2.75) is 32.4 Å². The first-order valence-electron chi connectivity index (χ1n) is 5.15. The zero-order chi connectivity index (χ0) is 13.2. The summed E-state index contributed by atoms with van der Waals surface area (Å²) in [6.45, 7) is 6.69. The van der Waals surface area contributed by atoms with E-state index in [1.165, 1.54) is 13.0 Å². The lowest BCUT2D eigenvalue weighted by Gasteiger charge is -2.14. The average molecular weight is 259 g/mol. The summed E-state index contributed by atoms with van der Waals surface area (Å²) in [6, 6.07) is 3.58. The van der Waals surface area contributed by atoms with E-state index in [0.29, 0.717) is 0 Å². The number of benzene rings is 1. The van der Waals surface area contributed by atoms with Gasteiger partial charge in [0.15, 0.2) is 0 Å². The van der Waals surface area contributed by atoms with Crippen molar-refractivity contribution < 1.29 is 13.0 Å². The van der Waals surface area contributed by atoms with E-state index < -0.39 is 27.4 Å². The van der Waals surface area contributed by atoms with E-state index in [2.05, 4.69) is 4.40 Å². The lowest BCUT2D eigenvalue weighted by molar-refractivity contribution is 0.579. The number of halogens is 2. The van der Waals surface area contributed by atoms with Gasteiger partial charge in [-0.1, -0.05) is 6.07 Å². The highest BCUT2D eigenvalue weighted by atomic mass is 32.2. The highest BCUT2D eigenvalue weighted by Gasteiger charge is 2.20. The van der Waals surface area contributed by atoms with E-state index in [-0.39, 0.29) is 11.3 Å². The van der Waals surface area contributed by atoms with Crippen LogP contribution >= 0.6 is 0 Å². The van der Waals surface area contributed by atoms with Gasteiger partial charge in [-0.3, -0.25) is 0 Å². The van der Waals surface area contributed by atoms with Gasteiger partial charge in [0.05, 0.1) is 16.0 Å². The topological polar surface area (TPSA) is 29.4 Å². The molecule has 0 N–H and O–H groups in total. The number of nitrogens with zero attached hydrogens (tertiary/aromatic N) is 1. The molecule has 0 saturated carbocycles. The molecule has 0 radical (unpaired) electrons. The van der Waals surface area contributed by atoms with Gasteiger partial charge < -0.3 is 0 Å². The van der Waals surface area contributed by atoms with Crippen molar-refractivity contribution in [2.75, 3.05) is 0 Å². The van der Waals surface area contributed by atoms with Crippen molar-refractivity contribution in [1.82, 2.24) is 0 Å². The summed E-state index contributed by atoms with van der Waals surface area (Å²) < 4.78 is 41.9. The Bertz CT molecular complexity index is 458. The highest BCUT2D eigenvalue weighted by molar-refractivity contribution is 7.85. The molecule has 1 rings (SSSR count). The summed E-state index contributed by atoms with van der Waals surface area (Å²) in [5.74, 6) is -1.39. The molecule has 1 aromatic carbocycles. The molecule has 0 aliphatic heterocycles. The second kappa shape index (κ2) is 5.04. The Morgan fingerprint density at radius 2 is 1.71 bits per heavy atom. The van der Waals surface area contributed by atoms with E-state index in [9.17, 15) is 13.0 Å². The molecule has 0 aromatic heterocycles. The van der Waals surface area contributed by atoms with Crippen LogP contribution in [0.1, 0.15) is 33.3 Å². The van der Waals surface area contributed by atoms with Gasteiger partial charge in [-0.25, -0.2) is 13.0 Å². The molecule has 0 heterocycles. The molecule has 1 atom stereocenters. The normalized spacial score (nSPS) is 14.8. The van der Waals surface area contributed by atoms with Crippen molar-refractivity contribution in [3.8, 4) is 0 Å². The number of hydrogen-bond donors (Lipinski definition) is 0. The maximum absolute atomic E-state index is 13.4. The van der Waals surface area contributed by atoms with Crippen LogP contribution in [-0.4, -0.2) is 14.7 Å². The van der Waals surface area contributed by atoms with E-state index in [4.69, 9.17) is 0 Å². The lowest BCUT2D eigenvalue weighted by atomic mass is 10.1. The number of rotatable bonds is 2. The third-order valence-corrected chi connectivity index (χ3v) is 3.56. The molecular formula is C12H15F2NOS. The SMILES string of the molecule is CC(=NS(=O)C(C)(C)C)c1c(F)cccc1F. The minimum atomic E-state index is -1.53. The van der Waals surface area contributed by atoms with Crippen molar-refractivity contribution in [3.05, 3.63) is 35.4 Å². The maximum Gasteiger partial charge on any atom is 0.145 e. The molecule has 0 bridgehead atoms. The first-order valence-corrected chi connectivity index (χ1v) is 6.26. The fourth-order valence-corrected chi connectivity index (χ4v) is 1.76. The van der Waals surface area contributed by atoms with E-state index in [1.54, 1.807) is 20.8 Å². The third-order valence-electron chi connectivity index (χ3n) is 2.07. The monoisotopic (exact) mass is 259 g/mol. The fraction of sp³-hybridized carbons (Fsp3) is 0.417. The molecule has 0 amide bonds. The Labute approximate surface area is 102 Å². The Morgan fingerprint density at radius 1 is 1.24 bits per heavy atom. The molecule has 2 nitrogen and oxygen atoms in total. The van der Waals surface area contributed by atoms with Gasteiger partial charge >= 0.3 is 0 Å². The molecule has 1 aromatic rings. The Hall–Kier alpha value is -1.10. The van der Waals surface area contributed by atoms with Crippen LogP contribution in [0.3, 0.4) is 0 Å². The molecule has 1 unspecified atom stereocenters. The van der Waals surface area contributed by atoms with Crippen LogP contribution in [0.2, 0.25) is 0 Å². The third kappa shape index (κ3) is 3.43. The van der Waals surface area contributed by atoms with Crippen molar-refractivity contribution in [3.63, 3.8) is 0 Å². The smallest absolute Gasteiger partial charge is 0.145 e. The molecular weight excluding hydrogens is 244 g/mol. The number of hydrogen-bond acceptors (Lipinski definition) is 1. The largest absolute Gasteiger partial charge is 0.234 e. The molecule has 0 fully saturated rings. The van der Waals surface area contributed by atoms with Gasteiger partial charge in [0.2, 0.25) is 0 Å². The predicted molar refractivity (Wildman–Crippen MR) is 66.5 cm³/mol. The van der Waals surface area contributed by atoms with E-state index in [0.717, 1.165) is 12.1 Å². The molecule has 17 heavy (non-hydrogen) atoms. The second-order valence-electron chi connectivity index (χ2n) is 4.63. The zero-order valence-corrected chi connectivity index (χ0v) is 11.1. The van der Waals surface area contributed by atoms with Crippen LogP contribution in [-0.2, 0) is 11.0 Å². The van der Waals surface area contributed by atoms with Crippen LogP contribution in [0, 0.1) is 11.6 Å².